The Bertz CT molecular complexity index is 556. The van der Waals surface area contributed by atoms with Crippen molar-refractivity contribution in [2.45, 2.75) is 39.2 Å². The molecule has 0 aromatic heterocycles. The summed E-state index contributed by atoms with van der Waals surface area (Å²) in [4.78, 5) is 0. The normalized spacial score (nSPS) is 14.0. The summed E-state index contributed by atoms with van der Waals surface area (Å²) in [5, 5.41) is 28.8. The molecule has 0 aliphatic carbocycles. The number of hydrogen-bond acceptors (Lipinski definition) is 3. The van der Waals surface area contributed by atoms with Gasteiger partial charge in [-0.3, -0.25) is 0 Å². The lowest BCUT2D eigenvalue weighted by Crippen LogP contribution is -2.12. The molecule has 0 aliphatic heterocycles. The number of phenolic OH excluding ortho intramolecular Hbond substituents is 1. The molecule has 0 heterocycles. The summed E-state index contributed by atoms with van der Waals surface area (Å²) in [7, 11) is 0. The van der Waals surface area contributed by atoms with Gasteiger partial charge in [-0.15, -0.1) is 0 Å². The Labute approximate surface area is 132 Å². The average molecular weight is 302 g/mol. The molecule has 3 N–H and O–H groups in total. The second kappa shape index (κ2) is 9.23. The molecule has 120 valence electrons. The molecule has 1 aromatic carbocycles. The summed E-state index contributed by atoms with van der Waals surface area (Å²) in [6.07, 6.45) is 5.07. The number of phenols is 1. The zero-order valence-electron chi connectivity index (χ0n) is 13.4. The predicted octanol–water partition coefficient (Wildman–Crippen LogP) is 3.82. The van der Waals surface area contributed by atoms with Gasteiger partial charge in [0.2, 0.25) is 0 Å². The van der Waals surface area contributed by atoms with Crippen molar-refractivity contribution in [3.05, 3.63) is 59.2 Å². The van der Waals surface area contributed by atoms with Gasteiger partial charge in [0.15, 0.2) is 0 Å². The molecular weight excluding hydrogens is 276 g/mol. The first-order valence-electron chi connectivity index (χ1n) is 7.61. The van der Waals surface area contributed by atoms with E-state index >= 15 is 0 Å². The maximum absolute atomic E-state index is 10.3. The summed E-state index contributed by atoms with van der Waals surface area (Å²) < 4.78 is 0. The number of aliphatic hydroxyl groups is 2. The minimum absolute atomic E-state index is 0.0937. The molecule has 1 aromatic rings. The molecule has 0 radical (unpaired) electrons. The third-order valence-corrected chi connectivity index (χ3v) is 3.60. The highest BCUT2D eigenvalue weighted by Gasteiger charge is 2.12. The fraction of sp³-hybridized carbons (Fsp3) is 0.368. The highest BCUT2D eigenvalue weighted by Crippen LogP contribution is 2.22. The van der Waals surface area contributed by atoms with Crippen LogP contribution in [0, 0.1) is 0 Å². The van der Waals surface area contributed by atoms with E-state index < -0.39 is 6.10 Å². The van der Waals surface area contributed by atoms with E-state index in [1.54, 1.807) is 24.3 Å². The van der Waals surface area contributed by atoms with Crippen LogP contribution in [0.5, 0.6) is 5.75 Å². The number of benzene rings is 1. The third-order valence-electron chi connectivity index (χ3n) is 3.60. The molecule has 0 spiro atoms. The number of allylic oxidation sites excluding steroid dienone is 1. The van der Waals surface area contributed by atoms with Crippen LogP contribution in [0.25, 0.3) is 6.08 Å². The molecular formula is C19H26O3. The van der Waals surface area contributed by atoms with Gasteiger partial charge < -0.3 is 15.3 Å². The van der Waals surface area contributed by atoms with Gasteiger partial charge in [-0.25, -0.2) is 0 Å². The lowest BCUT2D eigenvalue weighted by Gasteiger charge is -2.17. The van der Waals surface area contributed by atoms with Gasteiger partial charge in [0, 0.05) is 0 Å². The highest BCUT2D eigenvalue weighted by molar-refractivity contribution is 5.54. The van der Waals surface area contributed by atoms with Crippen molar-refractivity contribution in [1.29, 1.82) is 0 Å². The summed E-state index contributed by atoms with van der Waals surface area (Å²) >= 11 is 0. The molecule has 1 unspecified atom stereocenters. The minimum atomic E-state index is -0.618. The van der Waals surface area contributed by atoms with Gasteiger partial charge in [0.1, 0.15) is 5.75 Å². The first kappa shape index (κ1) is 18.2. The molecule has 3 nitrogen and oxygen atoms in total. The zero-order chi connectivity index (χ0) is 16.5. The number of aromatic hydroxyl groups is 1. The molecule has 0 amide bonds. The minimum Gasteiger partial charge on any atom is -0.508 e. The van der Waals surface area contributed by atoms with E-state index in [2.05, 4.69) is 6.58 Å². The maximum atomic E-state index is 10.3. The van der Waals surface area contributed by atoms with Gasteiger partial charge in [-0.05, 0) is 55.0 Å². The van der Waals surface area contributed by atoms with Crippen molar-refractivity contribution in [3.63, 3.8) is 0 Å². The lowest BCUT2D eigenvalue weighted by molar-refractivity contribution is 0.201. The standard InChI is InChI=1S/C19H26O3/c1-4-15(3)18(10-11-20)19(22)9-8-14(2)12-16-6-5-7-17(21)13-16/h5-7,10,12-13,19-22H,3-4,8-9,11H2,1-2H3/b14-12+,18-10-. The Balaban J connectivity index is 2.67. The molecule has 1 rings (SSSR count). The van der Waals surface area contributed by atoms with E-state index in [9.17, 15) is 10.2 Å². The summed E-state index contributed by atoms with van der Waals surface area (Å²) in [6.45, 7) is 7.82. The Kier molecular flexibility index (Phi) is 7.64. The second-order valence-electron chi connectivity index (χ2n) is 5.44. The van der Waals surface area contributed by atoms with Crippen LogP contribution in [0.3, 0.4) is 0 Å². The van der Waals surface area contributed by atoms with Gasteiger partial charge in [0.05, 0.1) is 12.7 Å². The van der Waals surface area contributed by atoms with Crippen molar-refractivity contribution in [2.24, 2.45) is 0 Å². The number of aliphatic hydroxyl groups excluding tert-OH is 2. The average Bonchev–Trinajstić information content (AvgIpc) is 2.49. The van der Waals surface area contributed by atoms with Gasteiger partial charge >= 0.3 is 0 Å². The fourth-order valence-corrected chi connectivity index (χ4v) is 2.31. The van der Waals surface area contributed by atoms with Crippen LogP contribution >= 0.6 is 0 Å². The van der Waals surface area contributed by atoms with Gasteiger partial charge in [0.25, 0.3) is 0 Å². The molecule has 22 heavy (non-hydrogen) atoms. The van der Waals surface area contributed by atoms with Crippen molar-refractivity contribution in [3.8, 4) is 5.75 Å². The Morgan fingerprint density at radius 2 is 2.09 bits per heavy atom. The molecule has 0 saturated heterocycles. The van der Waals surface area contributed by atoms with Crippen LogP contribution in [0.15, 0.2) is 53.6 Å². The van der Waals surface area contributed by atoms with Crippen molar-refractivity contribution in [2.75, 3.05) is 6.61 Å². The fourth-order valence-electron chi connectivity index (χ4n) is 2.31. The van der Waals surface area contributed by atoms with E-state index in [0.717, 1.165) is 35.1 Å². The van der Waals surface area contributed by atoms with E-state index in [4.69, 9.17) is 5.11 Å². The van der Waals surface area contributed by atoms with Crippen LogP contribution < -0.4 is 0 Å². The number of hydrogen-bond donors (Lipinski definition) is 3. The Morgan fingerprint density at radius 1 is 1.36 bits per heavy atom. The van der Waals surface area contributed by atoms with Crippen LogP contribution in [-0.4, -0.2) is 28.0 Å². The zero-order valence-corrected chi connectivity index (χ0v) is 13.4. The van der Waals surface area contributed by atoms with Crippen molar-refractivity contribution < 1.29 is 15.3 Å². The molecule has 0 aliphatic rings. The predicted molar refractivity (Wildman–Crippen MR) is 91.6 cm³/mol. The first-order chi connectivity index (χ1) is 10.5. The Morgan fingerprint density at radius 3 is 2.68 bits per heavy atom. The largest absolute Gasteiger partial charge is 0.508 e. The van der Waals surface area contributed by atoms with Crippen LogP contribution in [0.4, 0.5) is 0 Å². The first-order valence-corrected chi connectivity index (χ1v) is 7.61. The smallest absolute Gasteiger partial charge is 0.116 e. The third kappa shape index (κ3) is 5.88. The SMILES string of the molecule is C=C(CC)/C(=C/CO)C(O)CC/C(C)=C/c1cccc(O)c1. The van der Waals surface area contributed by atoms with Gasteiger partial charge in [-0.1, -0.05) is 43.4 Å². The summed E-state index contributed by atoms with van der Waals surface area (Å²) in [5.41, 5.74) is 3.65. The topological polar surface area (TPSA) is 60.7 Å². The molecule has 3 heteroatoms. The van der Waals surface area contributed by atoms with E-state index in [0.29, 0.717) is 6.42 Å². The molecule has 0 saturated carbocycles. The van der Waals surface area contributed by atoms with Crippen molar-refractivity contribution in [1.82, 2.24) is 0 Å². The van der Waals surface area contributed by atoms with Crippen LogP contribution in [0.2, 0.25) is 0 Å². The van der Waals surface area contributed by atoms with E-state index in [-0.39, 0.29) is 12.4 Å². The monoisotopic (exact) mass is 302 g/mol. The van der Waals surface area contributed by atoms with E-state index in [1.807, 2.05) is 26.0 Å². The molecule has 0 bridgehead atoms. The van der Waals surface area contributed by atoms with Gasteiger partial charge in [-0.2, -0.15) is 0 Å². The molecule has 0 fully saturated rings. The second-order valence-corrected chi connectivity index (χ2v) is 5.44. The molecule has 1 atom stereocenters. The summed E-state index contributed by atoms with van der Waals surface area (Å²) in [6, 6.07) is 7.07. The highest BCUT2D eigenvalue weighted by atomic mass is 16.3. The Hall–Kier alpha value is -1.84. The number of rotatable bonds is 8. The summed E-state index contributed by atoms with van der Waals surface area (Å²) in [5.74, 6) is 0.244. The van der Waals surface area contributed by atoms with Crippen LogP contribution in [0.1, 0.15) is 38.7 Å². The quantitative estimate of drug-likeness (QED) is 0.640. The van der Waals surface area contributed by atoms with Crippen LogP contribution in [-0.2, 0) is 0 Å². The van der Waals surface area contributed by atoms with Crippen molar-refractivity contribution >= 4 is 6.08 Å². The van der Waals surface area contributed by atoms with E-state index in [1.165, 1.54) is 0 Å². The maximum Gasteiger partial charge on any atom is 0.116 e. The lowest BCUT2D eigenvalue weighted by atomic mass is 9.94.